The summed E-state index contributed by atoms with van der Waals surface area (Å²) in [7, 11) is 0. The maximum atomic E-state index is 12.1. The van der Waals surface area contributed by atoms with E-state index >= 15 is 0 Å². The van der Waals surface area contributed by atoms with Crippen LogP contribution in [-0.2, 0) is 11.2 Å². The summed E-state index contributed by atoms with van der Waals surface area (Å²) in [5, 5.41) is 3.35. The number of carbonyl (C=O) groups excluding carboxylic acids is 1. The number of hydrogen-bond acceptors (Lipinski definition) is 5. The van der Waals surface area contributed by atoms with Crippen LogP contribution in [0.2, 0.25) is 0 Å². The minimum Gasteiger partial charge on any atom is -0.494 e. The lowest BCUT2D eigenvalue weighted by atomic mass is 10.2. The molecule has 1 heterocycles. The Morgan fingerprint density at radius 2 is 1.85 bits per heavy atom. The first-order chi connectivity index (χ1) is 12.7. The smallest absolute Gasteiger partial charge is 0.264 e. The van der Waals surface area contributed by atoms with E-state index in [1.54, 1.807) is 0 Å². The highest BCUT2D eigenvalue weighted by atomic mass is 32.1. The molecule has 0 unspecified atom stereocenters. The van der Waals surface area contributed by atoms with E-state index in [0.29, 0.717) is 17.5 Å². The molecule has 1 N–H and O–H groups in total. The average molecular weight is 370 g/mol. The summed E-state index contributed by atoms with van der Waals surface area (Å²) >= 11 is 1.42. The summed E-state index contributed by atoms with van der Waals surface area (Å²) in [5.74, 6) is 1.27. The highest BCUT2D eigenvalue weighted by molar-refractivity contribution is 7.22. The van der Waals surface area contributed by atoms with Crippen LogP contribution in [0.25, 0.3) is 10.2 Å². The molecule has 5 nitrogen and oxygen atoms in total. The number of aryl methyl sites for hydroxylation is 1. The van der Waals surface area contributed by atoms with Crippen LogP contribution < -0.4 is 14.8 Å². The molecule has 0 fully saturated rings. The lowest BCUT2D eigenvalue weighted by Gasteiger charge is -2.06. The molecule has 26 heavy (non-hydrogen) atoms. The van der Waals surface area contributed by atoms with Crippen LogP contribution in [0.15, 0.2) is 42.5 Å². The molecule has 0 aliphatic rings. The molecule has 3 aromatic rings. The van der Waals surface area contributed by atoms with Gasteiger partial charge in [0.1, 0.15) is 11.5 Å². The van der Waals surface area contributed by atoms with Crippen LogP contribution in [0.1, 0.15) is 25.8 Å². The van der Waals surface area contributed by atoms with Crippen molar-refractivity contribution in [2.45, 2.75) is 26.7 Å². The van der Waals surface area contributed by atoms with Crippen LogP contribution in [0, 0.1) is 0 Å². The highest BCUT2D eigenvalue weighted by Crippen LogP contribution is 2.29. The Kier molecular flexibility index (Phi) is 6.07. The van der Waals surface area contributed by atoms with Gasteiger partial charge in [-0.1, -0.05) is 37.3 Å². The molecule has 3 rings (SSSR count). The summed E-state index contributed by atoms with van der Waals surface area (Å²) in [5.41, 5.74) is 2.07. The first-order valence-electron chi connectivity index (χ1n) is 8.73. The summed E-state index contributed by atoms with van der Waals surface area (Å²) < 4.78 is 12.1. The average Bonchev–Trinajstić information content (AvgIpc) is 3.06. The fourth-order valence-electron chi connectivity index (χ4n) is 2.39. The first kappa shape index (κ1) is 18.2. The largest absolute Gasteiger partial charge is 0.494 e. The van der Waals surface area contributed by atoms with Gasteiger partial charge in [0.05, 0.1) is 16.8 Å². The standard InChI is InChI=1S/C20H22N2O3S/c1-3-11-24-16-9-10-17-18(12-16)26-20(21-17)22-19(23)13-25-15-7-5-14(4-2)6-8-15/h5-10,12H,3-4,11,13H2,1-2H3,(H,21,22,23). The van der Waals surface area contributed by atoms with E-state index in [4.69, 9.17) is 9.47 Å². The molecule has 0 radical (unpaired) electrons. The van der Waals surface area contributed by atoms with E-state index in [-0.39, 0.29) is 12.5 Å². The molecule has 0 aliphatic heterocycles. The van der Waals surface area contributed by atoms with Crippen molar-refractivity contribution < 1.29 is 14.3 Å². The summed E-state index contributed by atoms with van der Waals surface area (Å²) in [4.78, 5) is 16.5. The number of fused-ring (bicyclic) bond motifs is 1. The summed E-state index contributed by atoms with van der Waals surface area (Å²) in [6, 6.07) is 13.5. The third-order valence-electron chi connectivity index (χ3n) is 3.78. The Bertz CT molecular complexity index is 874. The molecule has 0 saturated heterocycles. The van der Waals surface area contributed by atoms with Gasteiger partial charge in [0, 0.05) is 0 Å². The van der Waals surface area contributed by atoms with Crippen LogP contribution in [0.3, 0.4) is 0 Å². The van der Waals surface area contributed by atoms with Crippen molar-refractivity contribution in [2.75, 3.05) is 18.5 Å². The van der Waals surface area contributed by atoms with E-state index in [1.807, 2.05) is 42.5 Å². The van der Waals surface area contributed by atoms with Crippen molar-refractivity contribution in [3.05, 3.63) is 48.0 Å². The summed E-state index contributed by atoms with van der Waals surface area (Å²) in [6.07, 6.45) is 1.94. The van der Waals surface area contributed by atoms with Gasteiger partial charge in [-0.3, -0.25) is 10.1 Å². The molecule has 136 valence electrons. The summed E-state index contributed by atoms with van der Waals surface area (Å²) in [6.45, 7) is 4.80. The van der Waals surface area contributed by atoms with Gasteiger partial charge in [-0.25, -0.2) is 4.98 Å². The molecule has 1 aromatic heterocycles. The van der Waals surface area contributed by atoms with Crippen molar-refractivity contribution >= 4 is 32.6 Å². The monoisotopic (exact) mass is 370 g/mol. The third kappa shape index (κ3) is 4.73. The van der Waals surface area contributed by atoms with Gasteiger partial charge >= 0.3 is 0 Å². The van der Waals surface area contributed by atoms with Crippen molar-refractivity contribution in [3.8, 4) is 11.5 Å². The fraction of sp³-hybridized carbons (Fsp3) is 0.300. The van der Waals surface area contributed by atoms with Gasteiger partial charge in [-0.2, -0.15) is 0 Å². The van der Waals surface area contributed by atoms with Gasteiger partial charge in [0.15, 0.2) is 11.7 Å². The zero-order valence-electron chi connectivity index (χ0n) is 15.0. The number of carbonyl (C=O) groups is 1. The van der Waals surface area contributed by atoms with Crippen molar-refractivity contribution in [3.63, 3.8) is 0 Å². The van der Waals surface area contributed by atoms with Crippen molar-refractivity contribution in [1.29, 1.82) is 0 Å². The van der Waals surface area contributed by atoms with E-state index in [9.17, 15) is 4.79 Å². The molecule has 0 saturated carbocycles. The number of aromatic nitrogens is 1. The molecule has 2 aromatic carbocycles. The number of nitrogens with zero attached hydrogens (tertiary/aromatic N) is 1. The lowest BCUT2D eigenvalue weighted by molar-refractivity contribution is -0.118. The number of thiazole rings is 1. The van der Waals surface area contributed by atoms with E-state index in [1.165, 1.54) is 16.9 Å². The number of benzene rings is 2. The van der Waals surface area contributed by atoms with Gasteiger partial charge < -0.3 is 9.47 Å². The minimum atomic E-state index is -0.230. The number of nitrogens with one attached hydrogen (secondary N) is 1. The molecule has 0 aliphatic carbocycles. The second kappa shape index (κ2) is 8.67. The normalized spacial score (nSPS) is 10.7. The molecular formula is C20H22N2O3S. The van der Waals surface area contributed by atoms with Gasteiger partial charge in [-0.15, -0.1) is 0 Å². The Morgan fingerprint density at radius 3 is 2.58 bits per heavy atom. The van der Waals surface area contributed by atoms with Crippen LogP contribution in [0.5, 0.6) is 11.5 Å². The van der Waals surface area contributed by atoms with Crippen LogP contribution in [0.4, 0.5) is 5.13 Å². The van der Waals surface area contributed by atoms with E-state index in [0.717, 1.165) is 28.8 Å². The number of anilines is 1. The lowest BCUT2D eigenvalue weighted by Crippen LogP contribution is -2.19. The number of hydrogen-bond donors (Lipinski definition) is 1. The predicted octanol–water partition coefficient (Wildman–Crippen LogP) is 4.67. The van der Waals surface area contributed by atoms with Crippen LogP contribution in [-0.4, -0.2) is 24.1 Å². The van der Waals surface area contributed by atoms with E-state index < -0.39 is 0 Å². The maximum Gasteiger partial charge on any atom is 0.264 e. The van der Waals surface area contributed by atoms with Crippen LogP contribution >= 0.6 is 11.3 Å². The zero-order chi connectivity index (χ0) is 18.4. The molecule has 6 heteroatoms. The van der Waals surface area contributed by atoms with E-state index in [2.05, 4.69) is 24.1 Å². The van der Waals surface area contributed by atoms with Crippen molar-refractivity contribution in [1.82, 2.24) is 4.98 Å². The highest BCUT2D eigenvalue weighted by Gasteiger charge is 2.09. The van der Waals surface area contributed by atoms with Gasteiger partial charge in [0.2, 0.25) is 0 Å². The Hall–Kier alpha value is -2.60. The molecule has 1 amide bonds. The van der Waals surface area contributed by atoms with Crippen molar-refractivity contribution in [2.24, 2.45) is 0 Å². The Labute approximate surface area is 157 Å². The molecular weight excluding hydrogens is 348 g/mol. The Morgan fingerprint density at radius 1 is 1.08 bits per heavy atom. The zero-order valence-corrected chi connectivity index (χ0v) is 15.8. The quantitative estimate of drug-likeness (QED) is 0.626. The predicted molar refractivity (Wildman–Crippen MR) is 105 cm³/mol. The SMILES string of the molecule is CCCOc1ccc2nc(NC(=O)COc3ccc(CC)cc3)sc2c1. The van der Waals surface area contributed by atoms with Gasteiger partial charge in [0.25, 0.3) is 5.91 Å². The fourth-order valence-corrected chi connectivity index (χ4v) is 3.30. The first-order valence-corrected chi connectivity index (χ1v) is 9.54. The van der Waals surface area contributed by atoms with Gasteiger partial charge in [-0.05, 0) is 48.7 Å². The number of amides is 1. The second-order valence-electron chi connectivity index (χ2n) is 5.83. The minimum absolute atomic E-state index is 0.0493. The topological polar surface area (TPSA) is 60.5 Å². The Balaban J connectivity index is 1.57. The second-order valence-corrected chi connectivity index (χ2v) is 6.86. The molecule has 0 bridgehead atoms. The molecule has 0 spiro atoms. The third-order valence-corrected chi connectivity index (χ3v) is 4.71. The maximum absolute atomic E-state index is 12.1. The molecule has 0 atom stereocenters. The number of rotatable bonds is 8. The number of ether oxygens (including phenoxy) is 2.